The summed E-state index contributed by atoms with van der Waals surface area (Å²) < 4.78 is 16.2. The minimum absolute atomic E-state index is 0.293. The van der Waals surface area contributed by atoms with Gasteiger partial charge in [0.2, 0.25) is 0 Å². The molecule has 0 saturated carbocycles. The molecule has 2 atom stereocenters. The Bertz CT molecular complexity index is 730. The van der Waals surface area contributed by atoms with E-state index in [-0.39, 0.29) is 5.82 Å². The van der Waals surface area contributed by atoms with E-state index in [1.807, 2.05) is 16.9 Å². The fourth-order valence-electron chi connectivity index (χ4n) is 4.68. The molecule has 5 heteroatoms. The number of benzene rings is 1. The minimum atomic E-state index is -1.04. The summed E-state index contributed by atoms with van der Waals surface area (Å²) in [6.45, 7) is 3.96. The number of halogens is 1. The van der Waals surface area contributed by atoms with Crippen LogP contribution in [0.25, 0.3) is 0 Å². The molecular weight excluding hydrogens is 317 g/mol. The van der Waals surface area contributed by atoms with Crippen molar-refractivity contribution in [1.82, 2.24) is 14.7 Å². The Morgan fingerprint density at radius 1 is 1.24 bits per heavy atom. The molecule has 3 heterocycles. The largest absolute Gasteiger partial charge is 0.385 e. The molecule has 2 aliphatic heterocycles. The fraction of sp³-hybridized carbons (Fsp3) is 0.550. The molecule has 2 saturated heterocycles. The molecule has 0 aliphatic carbocycles. The Kier molecular flexibility index (Phi) is 4.38. The van der Waals surface area contributed by atoms with Crippen molar-refractivity contribution in [3.63, 3.8) is 0 Å². The average Bonchev–Trinajstić information content (AvgIpc) is 3.12. The Labute approximate surface area is 148 Å². The number of aryl methyl sites for hydroxylation is 1. The molecule has 2 fully saturated rings. The van der Waals surface area contributed by atoms with E-state index in [0.29, 0.717) is 30.5 Å². The molecule has 1 N–H and O–H groups in total. The summed E-state index contributed by atoms with van der Waals surface area (Å²) in [6, 6.07) is 7.28. The first kappa shape index (κ1) is 16.7. The van der Waals surface area contributed by atoms with Gasteiger partial charge in [-0.05, 0) is 38.2 Å². The summed E-state index contributed by atoms with van der Waals surface area (Å²) in [5.41, 5.74) is 0.643. The highest BCUT2D eigenvalue weighted by molar-refractivity contribution is 5.27. The molecule has 134 valence electrons. The molecule has 1 aromatic carbocycles. The van der Waals surface area contributed by atoms with Gasteiger partial charge in [-0.1, -0.05) is 25.1 Å². The molecular formula is C20H26FN3O. The van der Waals surface area contributed by atoms with Crippen molar-refractivity contribution >= 4 is 0 Å². The highest BCUT2D eigenvalue weighted by Gasteiger charge is 2.48. The number of rotatable bonds is 5. The predicted molar refractivity (Wildman–Crippen MR) is 94.4 cm³/mol. The Morgan fingerprint density at radius 2 is 1.96 bits per heavy atom. The van der Waals surface area contributed by atoms with Gasteiger partial charge in [-0.2, -0.15) is 5.10 Å². The third-order valence-corrected chi connectivity index (χ3v) is 5.80. The van der Waals surface area contributed by atoms with E-state index in [0.717, 1.165) is 32.4 Å². The maximum absolute atomic E-state index is 14.2. The van der Waals surface area contributed by atoms with E-state index >= 15 is 0 Å². The van der Waals surface area contributed by atoms with E-state index < -0.39 is 5.60 Å². The Hall–Kier alpha value is -1.72. The maximum atomic E-state index is 14.2. The molecule has 0 amide bonds. The van der Waals surface area contributed by atoms with Gasteiger partial charge in [0.15, 0.2) is 0 Å². The number of nitrogens with zero attached hydrogens (tertiary/aromatic N) is 3. The highest BCUT2D eigenvalue weighted by Crippen LogP contribution is 2.46. The third-order valence-electron chi connectivity index (χ3n) is 5.80. The molecule has 0 spiro atoms. The van der Waals surface area contributed by atoms with Gasteiger partial charge >= 0.3 is 0 Å². The van der Waals surface area contributed by atoms with Crippen LogP contribution in [0.5, 0.6) is 0 Å². The van der Waals surface area contributed by atoms with Crippen LogP contribution < -0.4 is 0 Å². The van der Waals surface area contributed by atoms with Crippen LogP contribution >= 0.6 is 0 Å². The zero-order valence-electron chi connectivity index (χ0n) is 14.7. The minimum Gasteiger partial charge on any atom is -0.385 e. The lowest BCUT2D eigenvalue weighted by molar-refractivity contribution is -0.0615. The molecule has 2 aliphatic rings. The van der Waals surface area contributed by atoms with Crippen molar-refractivity contribution in [3.8, 4) is 0 Å². The van der Waals surface area contributed by atoms with E-state index in [1.165, 1.54) is 11.6 Å². The van der Waals surface area contributed by atoms with E-state index in [4.69, 9.17) is 0 Å². The topological polar surface area (TPSA) is 41.3 Å². The number of aliphatic hydroxyl groups is 1. The van der Waals surface area contributed by atoms with Crippen LogP contribution in [-0.2, 0) is 18.7 Å². The number of fused-ring (bicyclic) bond motifs is 2. The monoisotopic (exact) mass is 343 g/mol. The molecule has 4 rings (SSSR count). The van der Waals surface area contributed by atoms with Gasteiger partial charge in [0.25, 0.3) is 0 Å². The molecule has 25 heavy (non-hydrogen) atoms. The number of aromatic nitrogens is 2. The zero-order valence-corrected chi connectivity index (χ0v) is 14.7. The summed E-state index contributed by atoms with van der Waals surface area (Å²) in [5, 5.41) is 15.6. The van der Waals surface area contributed by atoms with Gasteiger partial charge < -0.3 is 5.11 Å². The van der Waals surface area contributed by atoms with Gasteiger partial charge in [0.05, 0.1) is 11.8 Å². The van der Waals surface area contributed by atoms with Crippen molar-refractivity contribution in [3.05, 3.63) is 53.6 Å². The second-order valence-electron chi connectivity index (χ2n) is 7.59. The van der Waals surface area contributed by atoms with E-state index in [9.17, 15) is 9.50 Å². The first-order chi connectivity index (χ1) is 12.1. The molecule has 0 unspecified atom stereocenters. The van der Waals surface area contributed by atoms with Gasteiger partial charge in [0.1, 0.15) is 5.82 Å². The van der Waals surface area contributed by atoms with Crippen molar-refractivity contribution in [1.29, 1.82) is 0 Å². The zero-order chi connectivity index (χ0) is 17.4. The molecule has 4 nitrogen and oxygen atoms in total. The van der Waals surface area contributed by atoms with Crippen LogP contribution in [0, 0.1) is 5.82 Å². The predicted octanol–water partition coefficient (Wildman–Crippen LogP) is 3.45. The number of piperidine rings is 1. The van der Waals surface area contributed by atoms with Gasteiger partial charge in [-0.15, -0.1) is 0 Å². The molecule has 1 aromatic heterocycles. The summed E-state index contributed by atoms with van der Waals surface area (Å²) in [6.07, 6.45) is 8.51. The number of hydrogen-bond acceptors (Lipinski definition) is 3. The highest BCUT2D eigenvalue weighted by atomic mass is 19.1. The average molecular weight is 343 g/mol. The Morgan fingerprint density at radius 3 is 2.64 bits per heavy atom. The van der Waals surface area contributed by atoms with Crippen molar-refractivity contribution in [2.75, 3.05) is 0 Å². The van der Waals surface area contributed by atoms with Crippen LogP contribution in [0.1, 0.15) is 50.2 Å². The lowest BCUT2D eigenvalue weighted by atomic mass is 9.80. The smallest absolute Gasteiger partial charge is 0.129 e. The Balaban J connectivity index is 1.51. The van der Waals surface area contributed by atoms with Crippen LogP contribution in [0.3, 0.4) is 0 Å². The number of hydrogen-bond donors (Lipinski definition) is 1. The molecule has 2 aromatic rings. The summed E-state index contributed by atoms with van der Waals surface area (Å²) in [7, 11) is 0. The third kappa shape index (κ3) is 3.11. The quantitative estimate of drug-likeness (QED) is 0.904. The second kappa shape index (κ2) is 6.54. The van der Waals surface area contributed by atoms with Gasteiger partial charge in [-0.25, -0.2) is 4.39 Å². The van der Waals surface area contributed by atoms with Crippen LogP contribution in [0.2, 0.25) is 0 Å². The first-order valence-corrected chi connectivity index (χ1v) is 9.33. The maximum Gasteiger partial charge on any atom is 0.129 e. The lowest BCUT2D eigenvalue weighted by Gasteiger charge is -2.44. The lowest BCUT2D eigenvalue weighted by Crippen LogP contribution is -2.49. The summed E-state index contributed by atoms with van der Waals surface area (Å²) in [5.74, 6) is -0.293. The molecule has 0 radical (unpaired) electrons. The SMILES string of the molecule is CCCn1cc(CN2[C@@H]3CC[C@@H]2CC(O)(c2ccccc2F)C3)cn1. The van der Waals surface area contributed by atoms with Gasteiger partial charge in [0, 0.05) is 42.5 Å². The van der Waals surface area contributed by atoms with Crippen molar-refractivity contribution < 1.29 is 9.50 Å². The van der Waals surface area contributed by atoms with E-state index in [1.54, 1.807) is 12.1 Å². The van der Waals surface area contributed by atoms with Gasteiger partial charge in [-0.3, -0.25) is 9.58 Å². The fourth-order valence-corrected chi connectivity index (χ4v) is 4.68. The van der Waals surface area contributed by atoms with E-state index in [2.05, 4.69) is 23.1 Å². The van der Waals surface area contributed by atoms with Crippen LogP contribution in [0.4, 0.5) is 4.39 Å². The second-order valence-corrected chi connectivity index (χ2v) is 7.59. The van der Waals surface area contributed by atoms with Crippen LogP contribution in [-0.4, -0.2) is 31.9 Å². The van der Waals surface area contributed by atoms with Crippen LogP contribution in [0.15, 0.2) is 36.7 Å². The summed E-state index contributed by atoms with van der Waals surface area (Å²) in [4.78, 5) is 2.49. The first-order valence-electron chi connectivity index (χ1n) is 9.33. The standard InChI is InChI=1S/C20H26FN3O/c1-2-9-23-13-15(12-22-23)14-24-16-7-8-17(24)11-20(25,10-16)18-5-3-4-6-19(18)21/h3-6,12-13,16-17,25H,2,7-11,14H2,1H3/t16-,17-/m1/s1. The molecule has 2 bridgehead atoms. The van der Waals surface area contributed by atoms with Crippen molar-refractivity contribution in [2.24, 2.45) is 0 Å². The normalized spacial score (nSPS) is 29.2. The van der Waals surface area contributed by atoms with Crippen molar-refractivity contribution in [2.45, 2.75) is 69.8 Å². The summed E-state index contributed by atoms with van der Waals surface area (Å²) >= 11 is 0.